The number of phenolic OH excluding ortho intramolecular Hbond substituents is 1. The van der Waals surface area contributed by atoms with Gasteiger partial charge in [-0.25, -0.2) is 9.18 Å². The largest absolute Gasteiger partial charge is 0.506 e. The van der Waals surface area contributed by atoms with E-state index >= 15 is 0 Å². The minimum atomic E-state index is -4.65. The molecule has 3 N–H and O–H groups in total. The molecule has 0 fully saturated rings. The van der Waals surface area contributed by atoms with Gasteiger partial charge in [-0.15, -0.1) is 0 Å². The van der Waals surface area contributed by atoms with Crippen LogP contribution in [0.3, 0.4) is 0 Å². The molecule has 0 radical (unpaired) electrons. The zero-order chi connectivity index (χ0) is 16.5. The van der Waals surface area contributed by atoms with Crippen molar-refractivity contribution in [1.29, 1.82) is 0 Å². The number of alkyl halides is 3. The normalized spacial score (nSPS) is 11.3. The van der Waals surface area contributed by atoms with Crippen molar-refractivity contribution in [3.05, 3.63) is 53.3 Å². The highest BCUT2D eigenvalue weighted by atomic mass is 19.4. The molecule has 2 rings (SSSR count). The van der Waals surface area contributed by atoms with E-state index < -0.39 is 34.8 Å². The fourth-order valence-corrected chi connectivity index (χ4v) is 1.77. The van der Waals surface area contributed by atoms with E-state index in [-0.39, 0.29) is 11.4 Å². The van der Waals surface area contributed by atoms with Crippen molar-refractivity contribution >= 4 is 17.3 Å². The summed E-state index contributed by atoms with van der Waals surface area (Å²) in [5.41, 5.74) is -1.97. The summed E-state index contributed by atoms with van der Waals surface area (Å²) in [7, 11) is 0. The average Bonchev–Trinajstić information content (AvgIpc) is 2.40. The first-order valence-corrected chi connectivity index (χ1v) is 5.88. The number of rotatable bonds is 3. The van der Waals surface area contributed by atoms with Gasteiger partial charge in [0, 0.05) is 6.07 Å². The molecule has 0 aliphatic heterocycles. The molecule has 0 heterocycles. The van der Waals surface area contributed by atoms with Crippen molar-refractivity contribution in [3.8, 4) is 5.75 Å². The SMILES string of the molecule is O=C(O)c1ccc(C(F)(F)F)cc1Nc1ccc(F)cc1O. The maximum atomic E-state index is 12.9. The van der Waals surface area contributed by atoms with Gasteiger partial charge in [0.2, 0.25) is 0 Å². The fourth-order valence-electron chi connectivity index (χ4n) is 1.77. The van der Waals surface area contributed by atoms with E-state index in [1.807, 2.05) is 0 Å². The lowest BCUT2D eigenvalue weighted by Gasteiger charge is -2.14. The van der Waals surface area contributed by atoms with Crippen molar-refractivity contribution in [2.24, 2.45) is 0 Å². The Labute approximate surface area is 121 Å². The molecular formula is C14H9F4NO3. The van der Waals surface area contributed by atoms with Gasteiger partial charge >= 0.3 is 12.1 Å². The Balaban J connectivity index is 2.49. The molecule has 0 amide bonds. The second-order valence-electron chi connectivity index (χ2n) is 4.35. The molecule has 8 heteroatoms. The van der Waals surface area contributed by atoms with E-state index in [1.54, 1.807) is 0 Å². The number of benzene rings is 2. The molecule has 22 heavy (non-hydrogen) atoms. The molecule has 2 aromatic rings. The highest BCUT2D eigenvalue weighted by Gasteiger charge is 2.31. The zero-order valence-corrected chi connectivity index (χ0v) is 10.8. The molecule has 0 aliphatic rings. The van der Waals surface area contributed by atoms with Gasteiger partial charge in [0.25, 0.3) is 0 Å². The Morgan fingerprint density at radius 1 is 1.05 bits per heavy atom. The lowest BCUT2D eigenvalue weighted by molar-refractivity contribution is -0.137. The smallest absolute Gasteiger partial charge is 0.416 e. The Hall–Kier alpha value is -2.77. The van der Waals surface area contributed by atoms with Crippen LogP contribution in [0.25, 0.3) is 0 Å². The number of hydrogen-bond donors (Lipinski definition) is 3. The maximum Gasteiger partial charge on any atom is 0.416 e. The van der Waals surface area contributed by atoms with Crippen LogP contribution in [0.4, 0.5) is 28.9 Å². The van der Waals surface area contributed by atoms with E-state index in [1.165, 1.54) is 0 Å². The number of phenols is 1. The third kappa shape index (κ3) is 3.27. The Morgan fingerprint density at radius 2 is 1.73 bits per heavy atom. The van der Waals surface area contributed by atoms with Gasteiger partial charge in [0.15, 0.2) is 0 Å². The van der Waals surface area contributed by atoms with E-state index in [2.05, 4.69) is 5.32 Å². The first kappa shape index (κ1) is 15.6. The quantitative estimate of drug-likeness (QED) is 0.591. The molecule has 0 spiro atoms. The topological polar surface area (TPSA) is 69.6 Å². The molecular weight excluding hydrogens is 306 g/mol. The van der Waals surface area contributed by atoms with Gasteiger partial charge in [0.1, 0.15) is 11.6 Å². The van der Waals surface area contributed by atoms with Crippen molar-refractivity contribution in [1.82, 2.24) is 0 Å². The molecule has 0 saturated carbocycles. The zero-order valence-electron chi connectivity index (χ0n) is 10.8. The summed E-state index contributed by atoms with van der Waals surface area (Å²) in [4.78, 5) is 11.1. The standard InChI is InChI=1S/C14H9F4NO3/c15-8-2-4-10(12(20)6-8)19-11-5-7(14(16,17)18)1-3-9(11)13(21)22/h1-6,19-20H,(H,21,22). The van der Waals surface area contributed by atoms with Crippen molar-refractivity contribution in [3.63, 3.8) is 0 Å². The lowest BCUT2D eigenvalue weighted by Crippen LogP contribution is -2.09. The molecule has 0 aromatic heterocycles. The van der Waals surface area contributed by atoms with E-state index in [9.17, 15) is 27.5 Å². The molecule has 0 unspecified atom stereocenters. The van der Waals surface area contributed by atoms with Crippen LogP contribution in [-0.2, 0) is 6.18 Å². The predicted octanol–water partition coefficient (Wildman–Crippen LogP) is 3.99. The van der Waals surface area contributed by atoms with Crippen LogP contribution in [0.5, 0.6) is 5.75 Å². The fraction of sp³-hybridized carbons (Fsp3) is 0.0714. The number of carboxylic acids is 1. The summed E-state index contributed by atoms with van der Waals surface area (Å²) in [6.07, 6.45) is -4.65. The summed E-state index contributed by atoms with van der Waals surface area (Å²) in [6.45, 7) is 0. The van der Waals surface area contributed by atoms with E-state index in [0.29, 0.717) is 12.1 Å². The van der Waals surface area contributed by atoms with Gasteiger partial charge < -0.3 is 15.5 Å². The van der Waals surface area contributed by atoms with Crippen LogP contribution in [-0.4, -0.2) is 16.2 Å². The predicted molar refractivity (Wildman–Crippen MR) is 69.8 cm³/mol. The summed E-state index contributed by atoms with van der Waals surface area (Å²) in [5, 5.41) is 20.9. The highest BCUT2D eigenvalue weighted by Crippen LogP contribution is 2.35. The van der Waals surface area contributed by atoms with Crippen molar-refractivity contribution in [2.45, 2.75) is 6.18 Å². The van der Waals surface area contributed by atoms with E-state index in [4.69, 9.17) is 5.11 Å². The van der Waals surface area contributed by atoms with Gasteiger partial charge in [0.05, 0.1) is 22.5 Å². The number of carbonyl (C=O) groups is 1. The second kappa shape index (κ2) is 5.55. The van der Waals surface area contributed by atoms with Gasteiger partial charge in [-0.1, -0.05) is 0 Å². The van der Waals surface area contributed by atoms with Crippen molar-refractivity contribution < 1.29 is 32.6 Å². The average molecular weight is 315 g/mol. The highest BCUT2D eigenvalue weighted by molar-refractivity contribution is 5.95. The summed E-state index contributed by atoms with van der Waals surface area (Å²) >= 11 is 0. The van der Waals surface area contributed by atoms with Gasteiger partial charge in [-0.3, -0.25) is 0 Å². The number of anilines is 2. The minimum Gasteiger partial charge on any atom is -0.506 e. The van der Waals surface area contributed by atoms with Crippen LogP contribution in [0.2, 0.25) is 0 Å². The third-order valence-corrected chi connectivity index (χ3v) is 2.81. The van der Waals surface area contributed by atoms with Gasteiger partial charge in [-0.05, 0) is 30.3 Å². The minimum absolute atomic E-state index is 0.122. The number of hydrogen-bond acceptors (Lipinski definition) is 3. The van der Waals surface area contributed by atoms with Crippen LogP contribution >= 0.6 is 0 Å². The molecule has 0 aliphatic carbocycles. The Kier molecular flexibility index (Phi) is 3.94. The number of nitrogens with one attached hydrogen (secondary N) is 1. The molecule has 4 nitrogen and oxygen atoms in total. The second-order valence-corrected chi connectivity index (χ2v) is 4.35. The van der Waals surface area contributed by atoms with Crippen molar-refractivity contribution in [2.75, 3.05) is 5.32 Å². The maximum absolute atomic E-state index is 12.9. The van der Waals surface area contributed by atoms with Crippen LogP contribution in [0, 0.1) is 5.82 Å². The molecule has 116 valence electrons. The number of carboxylic acid groups (broad SMARTS) is 1. The summed E-state index contributed by atoms with van der Waals surface area (Å²) in [5.74, 6) is -2.75. The first-order chi connectivity index (χ1) is 10.2. The molecule has 2 aromatic carbocycles. The molecule has 0 bridgehead atoms. The summed E-state index contributed by atoms with van der Waals surface area (Å²) < 4.78 is 51.0. The first-order valence-electron chi connectivity index (χ1n) is 5.88. The lowest BCUT2D eigenvalue weighted by atomic mass is 10.1. The van der Waals surface area contributed by atoms with Crippen LogP contribution < -0.4 is 5.32 Å². The number of halogens is 4. The van der Waals surface area contributed by atoms with Crippen LogP contribution in [0.15, 0.2) is 36.4 Å². The third-order valence-electron chi connectivity index (χ3n) is 2.81. The Bertz CT molecular complexity index is 729. The van der Waals surface area contributed by atoms with Crippen LogP contribution in [0.1, 0.15) is 15.9 Å². The molecule has 0 saturated heterocycles. The summed E-state index contributed by atoms with van der Waals surface area (Å²) in [6, 6.07) is 4.84. The Morgan fingerprint density at radius 3 is 2.27 bits per heavy atom. The molecule has 0 atom stereocenters. The number of aromatic carboxylic acids is 1. The number of aromatic hydroxyl groups is 1. The van der Waals surface area contributed by atoms with E-state index in [0.717, 1.165) is 24.3 Å². The monoisotopic (exact) mass is 315 g/mol. The van der Waals surface area contributed by atoms with Gasteiger partial charge in [-0.2, -0.15) is 13.2 Å².